The maximum Gasteiger partial charge on any atom is 0.257 e. The molecule has 0 bridgehead atoms. The van der Waals surface area contributed by atoms with E-state index >= 15 is 0 Å². The van der Waals surface area contributed by atoms with E-state index in [0.717, 1.165) is 5.56 Å². The van der Waals surface area contributed by atoms with Gasteiger partial charge in [0.25, 0.3) is 5.88 Å². The molecule has 0 aliphatic carbocycles. The Morgan fingerprint density at radius 2 is 2.05 bits per heavy atom. The molecular weight excluding hydrogens is 282 g/mol. The summed E-state index contributed by atoms with van der Waals surface area (Å²) >= 11 is 0. The molecule has 0 amide bonds. The molecule has 0 saturated heterocycles. The van der Waals surface area contributed by atoms with Crippen LogP contribution in [-0.2, 0) is 0 Å². The van der Waals surface area contributed by atoms with Gasteiger partial charge in [0.05, 0.1) is 5.69 Å². The van der Waals surface area contributed by atoms with Gasteiger partial charge in [0.1, 0.15) is 17.4 Å². The van der Waals surface area contributed by atoms with E-state index < -0.39 is 0 Å². The molecule has 0 radical (unpaired) electrons. The van der Waals surface area contributed by atoms with Gasteiger partial charge < -0.3 is 9.15 Å². The van der Waals surface area contributed by atoms with E-state index in [4.69, 9.17) is 9.15 Å². The van der Waals surface area contributed by atoms with E-state index in [2.05, 4.69) is 26.5 Å². The zero-order valence-corrected chi connectivity index (χ0v) is 11.9. The molecule has 1 aromatic carbocycles. The summed E-state index contributed by atoms with van der Waals surface area (Å²) in [5, 5.41) is 24.7. The summed E-state index contributed by atoms with van der Waals surface area (Å²) in [5.41, 5.74) is 2.53. The van der Waals surface area contributed by atoms with Gasteiger partial charge in [0.15, 0.2) is 0 Å². The van der Waals surface area contributed by atoms with Gasteiger partial charge in [-0.1, -0.05) is 6.07 Å². The highest BCUT2D eigenvalue weighted by Gasteiger charge is 2.13. The lowest BCUT2D eigenvalue weighted by Crippen LogP contribution is -2.00. The van der Waals surface area contributed by atoms with Crippen molar-refractivity contribution >= 4 is 0 Å². The van der Waals surface area contributed by atoms with Crippen molar-refractivity contribution in [1.29, 1.82) is 5.26 Å². The SMILES string of the molecule is Cc1nnc(Oc2cccc(-c3nnco3)c2)c(C#N)c1C. The highest BCUT2D eigenvalue weighted by atomic mass is 16.5. The maximum absolute atomic E-state index is 9.28. The molecule has 22 heavy (non-hydrogen) atoms. The molecule has 7 nitrogen and oxygen atoms in total. The lowest BCUT2D eigenvalue weighted by atomic mass is 10.1. The minimum atomic E-state index is 0.174. The Labute approximate surface area is 126 Å². The van der Waals surface area contributed by atoms with Crippen LogP contribution in [-0.4, -0.2) is 20.4 Å². The number of nitriles is 1. The second-order valence-electron chi connectivity index (χ2n) is 4.58. The zero-order valence-electron chi connectivity index (χ0n) is 11.9. The van der Waals surface area contributed by atoms with Gasteiger partial charge in [-0.15, -0.1) is 15.3 Å². The predicted octanol–water partition coefficient (Wildman–Crippen LogP) is 2.81. The molecule has 0 unspecified atom stereocenters. The van der Waals surface area contributed by atoms with Crippen LogP contribution in [0, 0.1) is 25.2 Å². The summed E-state index contributed by atoms with van der Waals surface area (Å²) in [6.45, 7) is 3.60. The second kappa shape index (κ2) is 5.61. The molecule has 0 aliphatic heterocycles. The second-order valence-corrected chi connectivity index (χ2v) is 4.58. The van der Waals surface area contributed by atoms with Gasteiger partial charge in [-0.2, -0.15) is 10.4 Å². The molecule has 0 spiro atoms. The molecular formula is C15H11N5O2. The van der Waals surface area contributed by atoms with Gasteiger partial charge >= 0.3 is 0 Å². The van der Waals surface area contributed by atoms with E-state index in [1.165, 1.54) is 6.39 Å². The van der Waals surface area contributed by atoms with Gasteiger partial charge in [0, 0.05) is 5.56 Å². The Balaban J connectivity index is 1.96. The normalized spacial score (nSPS) is 10.2. The van der Waals surface area contributed by atoms with Gasteiger partial charge in [-0.05, 0) is 37.6 Å². The molecule has 0 aliphatic rings. The van der Waals surface area contributed by atoms with Crippen molar-refractivity contribution in [2.75, 3.05) is 0 Å². The van der Waals surface area contributed by atoms with Crippen molar-refractivity contribution in [3.63, 3.8) is 0 Å². The van der Waals surface area contributed by atoms with Gasteiger partial charge in [-0.25, -0.2) is 0 Å². The average molecular weight is 293 g/mol. The summed E-state index contributed by atoms with van der Waals surface area (Å²) in [7, 11) is 0. The number of aromatic nitrogens is 4. The predicted molar refractivity (Wildman–Crippen MR) is 76.0 cm³/mol. The first-order valence-corrected chi connectivity index (χ1v) is 6.47. The van der Waals surface area contributed by atoms with Crippen LogP contribution >= 0.6 is 0 Å². The van der Waals surface area contributed by atoms with Crippen molar-refractivity contribution in [1.82, 2.24) is 20.4 Å². The first-order valence-electron chi connectivity index (χ1n) is 6.47. The Kier molecular flexibility index (Phi) is 3.50. The number of benzene rings is 1. The number of hydrogen-bond acceptors (Lipinski definition) is 7. The fraction of sp³-hybridized carbons (Fsp3) is 0.133. The maximum atomic E-state index is 9.28. The number of hydrogen-bond donors (Lipinski definition) is 0. The number of nitrogens with zero attached hydrogens (tertiary/aromatic N) is 5. The number of ether oxygens (including phenoxy) is 1. The molecule has 3 rings (SSSR count). The monoisotopic (exact) mass is 293 g/mol. The minimum Gasteiger partial charge on any atom is -0.437 e. The summed E-state index contributed by atoms with van der Waals surface area (Å²) in [5.74, 6) is 1.06. The van der Waals surface area contributed by atoms with E-state index in [0.29, 0.717) is 28.5 Å². The third-order valence-electron chi connectivity index (χ3n) is 3.19. The molecule has 7 heteroatoms. The number of aryl methyl sites for hydroxylation is 1. The van der Waals surface area contributed by atoms with Crippen LogP contribution in [0.2, 0.25) is 0 Å². The first kappa shape index (κ1) is 13.7. The molecule has 0 N–H and O–H groups in total. The van der Waals surface area contributed by atoms with E-state index in [-0.39, 0.29) is 5.88 Å². The highest BCUT2D eigenvalue weighted by molar-refractivity contribution is 5.56. The quantitative estimate of drug-likeness (QED) is 0.732. The highest BCUT2D eigenvalue weighted by Crippen LogP contribution is 2.28. The third kappa shape index (κ3) is 2.50. The molecule has 2 aromatic heterocycles. The lowest BCUT2D eigenvalue weighted by Gasteiger charge is -2.09. The van der Waals surface area contributed by atoms with Crippen LogP contribution in [0.15, 0.2) is 35.1 Å². The van der Waals surface area contributed by atoms with Gasteiger partial charge in [-0.3, -0.25) is 0 Å². The van der Waals surface area contributed by atoms with Crippen LogP contribution < -0.4 is 4.74 Å². The minimum absolute atomic E-state index is 0.174. The molecule has 0 atom stereocenters. The van der Waals surface area contributed by atoms with Crippen molar-refractivity contribution in [3.05, 3.63) is 47.5 Å². The van der Waals surface area contributed by atoms with Crippen molar-refractivity contribution in [2.24, 2.45) is 0 Å². The molecule has 0 fully saturated rings. The van der Waals surface area contributed by atoms with E-state index in [1.807, 2.05) is 13.0 Å². The zero-order chi connectivity index (χ0) is 15.5. The van der Waals surface area contributed by atoms with Crippen molar-refractivity contribution in [2.45, 2.75) is 13.8 Å². The first-order chi connectivity index (χ1) is 10.7. The van der Waals surface area contributed by atoms with E-state index in [9.17, 15) is 5.26 Å². The summed E-state index contributed by atoms with van der Waals surface area (Å²) in [6, 6.07) is 9.18. The Morgan fingerprint density at radius 1 is 1.18 bits per heavy atom. The smallest absolute Gasteiger partial charge is 0.257 e. The standard InChI is InChI=1S/C15H11N5O2/c1-9-10(2)18-20-15(13(9)7-16)22-12-5-3-4-11(6-12)14-19-17-8-21-14/h3-6,8H,1-2H3. The Morgan fingerprint density at radius 3 is 2.77 bits per heavy atom. The third-order valence-corrected chi connectivity index (χ3v) is 3.19. The number of rotatable bonds is 3. The Hall–Kier alpha value is -3.27. The fourth-order valence-electron chi connectivity index (χ4n) is 1.89. The molecule has 0 saturated carbocycles. The lowest BCUT2D eigenvalue weighted by molar-refractivity contribution is 0.451. The fourth-order valence-corrected chi connectivity index (χ4v) is 1.89. The van der Waals surface area contributed by atoms with Crippen LogP contribution in [0.4, 0.5) is 0 Å². The summed E-state index contributed by atoms with van der Waals surface area (Å²) in [6.07, 6.45) is 1.26. The summed E-state index contributed by atoms with van der Waals surface area (Å²) in [4.78, 5) is 0. The molecule has 108 valence electrons. The van der Waals surface area contributed by atoms with Gasteiger partial charge in [0.2, 0.25) is 12.3 Å². The molecule has 2 heterocycles. The molecule has 3 aromatic rings. The van der Waals surface area contributed by atoms with Crippen LogP contribution in [0.3, 0.4) is 0 Å². The van der Waals surface area contributed by atoms with Crippen LogP contribution in [0.5, 0.6) is 11.6 Å². The van der Waals surface area contributed by atoms with Crippen LogP contribution in [0.25, 0.3) is 11.5 Å². The van der Waals surface area contributed by atoms with Crippen molar-refractivity contribution in [3.8, 4) is 29.2 Å². The Bertz CT molecular complexity index is 853. The topological polar surface area (TPSA) is 97.7 Å². The largest absolute Gasteiger partial charge is 0.437 e. The summed E-state index contributed by atoms with van der Waals surface area (Å²) < 4.78 is 10.8. The van der Waals surface area contributed by atoms with E-state index in [1.54, 1.807) is 25.1 Å². The average Bonchev–Trinajstić information content (AvgIpc) is 3.06. The van der Waals surface area contributed by atoms with Crippen LogP contribution in [0.1, 0.15) is 16.8 Å². The van der Waals surface area contributed by atoms with Crippen molar-refractivity contribution < 1.29 is 9.15 Å².